The third-order valence-electron chi connectivity index (χ3n) is 3.30. The first-order chi connectivity index (χ1) is 10.1. The van der Waals surface area contributed by atoms with Gasteiger partial charge in [-0.15, -0.1) is 0 Å². The Morgan fingerprint density at radius 1 is 1.24 bits per heavy atom. The Morgan fingerprint density at radius 3 is 2.76 bits per heavy atom. The predicted octanol–water partition coefficient (Wildman–Crippen LogP) is 4.25. The van der Waals surface area contributed by atoms with Crippen molar-refractivity contribution in [3.05, 3.63) is 52.8 Å². The molecule has 3 rings (SSSR count). The van der Waals surface area contributed by atoms with Crippen LogP contribution in [0.4, 0.5) is 10.1 Å². The van der Waals surface area contributed by atoms with E-state index >= 15 is 0 Å². The SMILES string of the molecule is CC(Cc1cccc(F)c1)Nc1cc2c(cc1Cl)OCO2. The number of benzene rings is 2. The number of rotatable bonds is 4. The minimum absolute atomic E-state index is 0.102. The molecule has 1 heterocycles. The Bertz CT molecular complexity index is 663. The van der Waals surface area contributed by atoms with Gasteiger partial charge < -0.3 is 14.8 Å². The summed E-state index contributed by atoms with van der Waals surface area (Å²) < 4.78 is 23.8. The van der Waals surface area contributed by atoms with Crippen LogP contribution in [0.5, 0.6) is 11.5 Å². The normalized spacial score (nSPS) is 14.0. The van der Waals surface area contributed by atoms with Gasteiger partial charge >= 0.3 is 0 Å². The van der Waals surface area contributed by atoms with Gasteiger partial charge in [0.05, 0.1) is 10.7 Å². The second kappa shape index (κ2) is 5.82. The highest BCUT2D eigenvalue weighted by atomic mass is 35.5. The van der Waals surface area contributed by atoms with Crippen molar-refractivity contribution in [1.82, 2.24) is 0 Å². The van der Waals surface area contributed by atoms with Gasteiger partial charge in [-0.3, -0.25) is 0 Å². The molecule has 1 atom stereocenters. The maximum absolute atomic E-state index is 13.2. The first-order valence-electron chi connectivity index (χ1n) is 6.72. The zero-order valence-electron chi connectivity index (χ0n) is 11.5. The average molecular weight is 308 g/mol. The lowest BCUT2D eigenvalue weighted by Gasteiger charge is -2.17. The summed E-state index contributed by atoms with van der Waals surface area (Å²) in [5.41, 5.74) is 1.72. The lowest BCUT2D eigenvalue weighted by atomic mass is 10.1. The van der Waals surface area contributed by atoms with Crippen LogP contribution in [0.25, 0.3) is 0 Å². The van der Waals surface area contributed by atoms with Crippen molar-refractivity contribution in [2.45, 2.75) is 19.4 Å². The van der Waals surface area contributed by atoms with E-state index in [4.69, 9.17) is 21.1 Å². The average Bonchev–Trinajstić information content (AvgIpc) is 2.86. The number of nitrogens with one attached hydrogen (secondary N) is 1. The molecule has 0 spiro atoms. The monoisotopic (exact) mass is 307 g/mol. The van der Waals surface area contributed by atoms with E-state index in [1.165, 1.54) is 6.07 Å². The largest absolute Gasteiger partial charge is 0.454 e. The van der Waals surface area contributed by atoms with E-state index in [0.29, 0.717) is 22.9 Å². The molecule has 0 saturated carbocycles. The van der Waals surface area contributed by atoms with Gasteiger partial charge in [-0.25, -0.2) is 4.39 Å². The van der Waals surface area contributed by atoms with Gasteiger partial charge in [0.15, 0.2) is 11.5 Å². The van der Waals surface area contributed by atoms with Gasteiger partial charge in [-0.1, -0.05) is 23.7 Å². The minimum Gasteiger partial charge on any atom is -0.454 e. The smallest absolute Gasteiger partial charge is 0.231 e. The van der Waals surface area contributed by atoms with E-state index < -0.39 is 0 Å². The number of anilines is 1. The summed E-state index contributed by atoms with van der Waals surface area (Å²) in [5, 5.41) is 3.89. The lowest BCUT2D eigenvalue weighted by molar-refractivity contribution is 0.174. The first kappa shape index (κ1) is 14.0. The van der Waals surface area contributed by atoms with Crippen LogP contribution in [0.15, 0.2) is 36.4 Å². The minimum atomic E-state index is -0.221. The Labute approximate surface area is 127 Å². The van der Waals surface area contributed by atoms with Crippen molar-refractivity contribution in [3.63, 3.8) is 0 Å². The van der Waals surface area contributed by atoms with E-state index in [2.05, 4.69) is 5.32 Å². The molecule has 2 aromatic carbocycles. The summed E-state index contributed by atoms with van der Waals surface area (Å²) >= 11 is 6.22. The van der Waals surface area contributed by atoms with E-state index in [-0.39, 0.29) is 18.7 Å². The molecule has 1 unspecified atom stereocenters. The standard InChI is InChI=1S/C16H15ClFNO2/c1-10(5-11-3-2-4-12(18)6-11)19-14-8-16-15(7-13(14)17)20-9-21-16/h2-4,6-8,10,19H,5,9H2,1H3. The van der Waals surface area contributed by atoms with Crippen LogP contribution in [-0.4, -0.2) is 12.8 Å². The molecule has 2 aromatic rings. The highest BCUT2D eigenvalue weighted by Gasteiger charge is 2.17. The molecule has 1 N–H and O–H groups in total. The van der Waals surface area contributed by atoms with Gasteiger partial charge in [0.2, 0.25) is 6.79 Å². The van der Waals surface area contributed by atoms with Crippen LogP contribution in [0.3, 0.4) is 0 Å². The third kappa shape index (κ3) is 3.22. The van der Waals surface area contributed by atoms with Gasteiger partial charge in [-0.05, 0) is 31.0 Å². The number of halogens is 2. The van der Waals surface area contributed by atoms with E-state index in [9.17, 15) is 4.39 Å². The molecule has 0 aliphatic carbocycles. The van der Waals surface area contributed by atoms with E-state index in [1.54, 1.807) is 18.2 Å². The quantitative estimate of drug-likeness (QED) is 0.916. The molecule has 1 aliphatic heterocycles. The van der Waals surface area contributed by atoms with Gasteiger partial charge in [0.1, 0.15) is 5.82 Å². The summed E-state index contributed by atoms with van der Waals surface area (Å²) in [4.78, 5) is 0. The zero-order chi connectivity index (χ0) is 14.8. The Morgan fingerprint density at radius 2 is 2.00 bits per heavy atom. The predicted molar refractivity (Wildman–Crippen MR) is 80.8 cm³/mol. The van der Waals surface area contributed by atoms with Crippen molar-refractivity contribution in [3.8, 4) is 11.5 Å². The Hall–Kier alpha value is -1.94. The van der Waals surface area contributed by atoms with Crippen molar-refractivity contribution in [2.24, 2.45) is 0 Å². The van der Waals surface area contributed by atoms with Gasteiger partial charge in [0.25, 0.3) is 0 Å². The summed E-state index contributed by atoms with van der Waals surface area (Å²) in [6, 6.07) is 10.3. The summed E-state index contributed by atoms with van der Waals surface area (Å²) in [5.74, 6) is 1.11. The van der Waals surface area contributed by atoms with Crippen LogP contribution in [0, 0.1) is 5.82 Å². The van der Waals surface area contributed by atoms with Crippen molar-refractivity contribution >= 4 is 17.3 Å². The number of fused-ring (bicyclic) bond motifs is 1. The highest BCUT2D eigenvalue weighted by molar-refractivity contribution is 6.33. The molecular formula is C16H15ClFNO2. The fraction of sp³-hybridized carbons (Fsp3) is 0.250. The van der Waals surface area contributed by atoms with Crippen LogP contribution in [0.2, 0.25) is 5.02 Å². The molecule has 0 fully saturated rings. The number of hydrogen-bond donors (Lipinski definition) is 1. The molecule has 3 nitrogen and oxygen atoms in total. The summed E-state index contributed by atoms with van der Waals surface area (Å²) in [7, 11) is 0. The fourth-order valence-corrected chi connectivity index (χ4v) is 2.57. The van der Waals surface area contributed by atoms with Gasteiger partial charge in [0, 0.05) is 18.2 Å². The molecule has 0 radical (unpaired) electrons. The third-order valence-corrected chi connectivity index (χ3v) is 3.61. The fourth-order valence-electron chi connectivity index (χ4n) is 2.36. The Kier molecular flexibility index (Phi) is 3.88. The van der Waals surface area contributed by atoms with E-state index in [0.717, 1.165) is 11.3 Å². The van der Waals surface area contributed by atoms with Crippen LogP contribution < -0.4 is 14.8 Å². The molecule has 1 aliphatic rings. The second-order valence-corrected chi connectivity index (χ2v) is 5.47. The Balaban J connectivity index is 1.71. The summed E-state index contributed by atoms with van der Waals surface area (Å²) in [6.07, 6.45) is 0.697. The molecule has 21 heavy (non-hydrogen) atoms. The van der Waals surface area contributed by atoms with Gasteiger partial charge in [-0.2, -0.15) is 0 Å². The topological polar surface area (TPSA) is 30.5 Å². The van der Waals surface area contributed by atoms with Crippen molar-refractivity contribution < 1.29 is 13.9 Å². The number of ether oxygens (including phenoxy) is 2. The van der Waals surface area contributed by atoms with Crippen molar-refractivity contribution in [2.75, 3.05) is 12.1 Å². The van der Waals surface area contributed by atoms with Crippen LogP contribution in [-0.2, 0) is 6.42 Å². The molecule has 0 saturated heterocycles. The summed E-state index contributed by atoms with van der Waals surface area (Å²) in [6.45, 7) is 2.24. The van der Waals surface area contributed by atoms with Crippen molar-refractivity contribution in [1.29, 1.82) is 0 Å². The maximum atomic E-state index is 13.2. The first-order valence-corrected chi connectivity index (χ1v) is 7.10. The molecular weight excluding hydrogens is 293 g/mol. The molecule has 0 aromatic heterocycles. The zero-order valence-corrected chi connectivity index (χ0v) is 12.3. The molecule has 110 valence electrons. The number of hydrogen-bond acceptors (Lipinski definition) is 3. The maximum Gasteiger partial charge on any atom is 0.231 e. The molecule has 5 heteroatoms. The van der Waals surface area contributed by atoms with Crippen LogP contribution in [0.1, 0.15) is 12.5 Å². The molecule has 0 amide bonds. The van der Waals surface area contributed by atoms with E-state index in [1.807, 2.05) is 19.1 Å². The lowest BCUT2D eigenvalue weighted by Crippen LogP contribution is -2.18. The molecule has 0 bridgehead atoms. The van der Waals surface area contributed by atoms with Crippen LogP contribution >= 0.6 is 11.6 Å². The second-order valence-electron chi connectivity index (χ2n) is 5.06. The highest BCUT2D eigenvalue weighted by Crippen LogP contribution is 2.39.